The zero-order valence-corrected chi connectivity index (χ0v) is 15.9. The van der Waals surface area contributed by atoms with Crippen molar-refractivity contribution in [2.24, 2.45) is 10.9 Å². The molecule has 25 heavy (non-hydrogen) atoms. The fourth-order valence-electron chi connectivity index (χ4n) is 4.19. The number of nitrogens with zero attached hydrogens (tertiary/aromatic N) is 2. The van der Waals surface area contributed by atoms with Gasteiger partial charge in [-0.1, -0.05) is 44.0 Å². The molecule has 1 aromatic carbocycles. The molecule has 1 aliphatic carbocycles. The van der Waals surface area contributed by atoms with Gasteiger partial charge in [-0.25, -0.2) is 0 Å². The summed E-state index contributed by atoms with van der Waals surface area (Å²) in [5, 5.41) is 7.09. The van der Waals surface area contributed by atoms with E-state index in [0.717, 1.165) is 25.0 Å². The van der Waals surface area contributed by atoms with Crippen LogP contribution in [-0.4, -0.2) is 37.0 Å². The van der Waals surface area contributed by atoms with Gasteiger partial charge in [-0.2, -0.15) is 0 Å². The highest BCUT2D eigenvalue weighted by molar-refractivity contribution is 5.80. The van der Waals surface area contributed by atoms with Crippen molar-refractivity contribution in [1.82, 2.24) is 15.5 Å². The molecule has 1 heterocycles. The van der Waals surface area contributed by atoms with Crippen molar-refractivity contribution < 1.29 is 0 Å². The fourth-order valence-corrected chi connectivity index (χ4v) is 4.19. The van der Waals surface area contributed by atoms with E-state index >= 15 is 0 Å². The zero-order chi connectivity index (χ0) is 17.5. The molecule has 2 aliphatic rings. The van der Waals surface area contributed by atoms with Crippen molar-refractivity contribution in [3.05, 3.63) is 35.4 Å². The molecule has 1 aromatic rings. The molecule has 138 valence electrons. The van der Waals surface area contributed by atoms with E-state index in [9.17, 15) is 0 Å². The molecule has 2 N–H and O–H groups in total. The van der Waals surface area contributed by atoms with E-state index in [1.807, 2.05) is 7.05 Å². The predicted molar refractivity (Wildman–Crippen MR) is 106 cm³/mol. The third kappa shape index (κ3) is 5.46. The van der Waals surface area contributed by atoms with Crippen LogP contribution in [0.25, 0.3) is 0 Å². The maximum atomic E-state index is 4.41. The highest BCUT2D eigenvalue weighted by Gasteiger charge is 2.18. The first kappa shape index (κ1) is 18.2. The minimum absolute atomic E-state index is 0.594. The number of nitrogens with one attached hydrogen (secondary N) is 2. The number of rotatable bonds is 5. The van der Waals surface area contributed by atoms with E-state index in [2.05, 4.69) is 51.7 Å². The molecule has 0 radical (unpaired) electrons. The van der Waals surface area contributed by atoms with Crippen LogP contribution in [0, 0.1) is 5.92 Å². The third-order valence-electron chi connectivity index (χ3n) is 5.62. The van der Waals surface area contributed by atoms with Gasteiger partial charge in [0.1, 0.15) is 0 Å². The Bertz CT molecular complexity index is 563. The smallest absolute Gasteiger partial charge is 0.191 e. The average molecular weight is 343 g/mol. The highest BCUT2D eigenvalue weighted by atomic mass is 15.2. The maximum Gasteiger partial charge on any atom is 0.191 e. The maximum absolute atomic E-state index is 4.41. The van der Waals surface area contributed by atoms with Crippen molar-refractivity contribution in [2.75, 3.05) is 20.1 Å². The molecule has 4 heteroatoms. The summed E-state index contributed by atoms with van der Waals surface area (Å²) in [5.41, 5.74) is 2.83. The average Bonchev–Trinajstić information content (AvgIpc) is 3.13. The van der Waals surface area contributed by atoms with E-state index in [1.165, 1.54) is 62.7 Å². The van der Waals surface area contributed by atoms with Gasteiger partial charge in [0.25, 0.3) is 0 Å². The summed E-state index contributed by atoms with van der Waals surface area (Å²) >= 11 is 0. The molecule has 1 aliphatic heterocycles. The molecule has 1 saturated carbocycles. The van der Waals surface area contributed by atoms with Crippen LogP contribution in [0.5, 0.6) is 0 Å². The standard InChI is InChI=1S/C21H34N4/c1-17-8-7-13-25(15-17)16-19-10-4-3-9-18(19)14-23-21(22-2)24-20-11-5-6-12-20/h3-4,9-10,17,20H,5-8,11-16H2,1-2H3,(H2,22,23,24). The van der Waals surface area contributed by atoms with E-state index in [-0.39, 0.29) is 0 Å². The van der Waals surface area contributed by atoms with Crippen LogP contribution in [0.4, 0.5) is 0 Å². The van der Waals surface area contributed by atoms with Gasteiger partial charge in [0.05, 0.1) is 0 Å². The fraction of sp³-hybridized carbons (Fsp3) is 0.667. The Morgan fingerprint density at radius 1 is 1.12 bits per heavy atom. The molecule has 0 amide bonds. The van der Waals surface area contributed by atoms with E-state index in [1.54, 1.807) is 0 Å². The van der Waals surface area contributed by atoms with Gasteiger partial charge in [0.2, 0.25) is 0 Å². The minimum atomic E-state index is 0.594. The molecule has 4 nitrogen and oxygen atoms in total. The van der Waals surface area contributed by atoms with Gasteiger partial charge in [-0.05, 0) is 49.3 Å². The summed E-state index contributed by atoms with van der Waals surface area (Å²) in [6.45, 7) is 6.74. The second-order valence-corrected chi connectivity index (χ2v) is 7.80. The lowest BCUT2D eigenvalue weighted by Crippen LogP contribution is -2.42. The molecule has 2 fully saturated rings. The van der Waals surface area contributed by atoms with Crippen molar-refractivity contribution in [3.63, 3.8) is 0 Å². The van der Waals surface area contributed by atoms with Crippen molar-refractivity contribution in [3.8, 4) is 0 Å². The summed E-state index contributed by atoms with van der Waals surface area (Å²) in [7, 11) is 1.87. The largest absolute Gasteiger partial charge is 0.354 e. The van der Waals surface area contributed by atoms with Crippen LogP contribution in [0.1, 0.15) is 56.6 Å². The molecule has 1 saturated heterocycles. The second-order valence-electron chi connectivity index (χ2n) is 7.80. The molecular formula is C21H34N4. The Kier molecular flexibility index (Phi) is 6.74. The number of piperidine rings is 1. The van der Waals surface area contributed by atoms with Crippen molar-refractivity contribution >= 4 is 5.96 Å². The number of hydrogen-bond acceptors (Lipinski definition) is 2. The first-order valence-corrected chi connectivity index (χ1v) is 10.0. The molecular weight excluding hydrogens is 308 g/mol. The number of likely N-dealkylation sites (tertiary alicyclic amines) is 1. The number of aliphatic imine (C=N–C) groups is 1. The summed E-state index contributed by atoms with van der Waals surface area (Å²) < 4.78 is 0. The Balaban J connectivity index is 1.56. The first-order valence-electron chi connectivity index (χ1n) is 10.0. The molecule has 1 atom stereocenters. The molecule has 0 bridgehead atoms. The van der Waals surface area contributed by atoms with Crippen LogP contribution in [-0.2, 0) is 13.1 Å². The van der Waals surface area contributed by atoms with Crippen LogP contribution < -0.4 is 10.6 Å². The van der Waals surface area contributed by atoms with Gasteiger partial charge in [0, 0.05) is 32.7 Å². The normalized spacial score (nSPS) is 23.0. The quantitative estimate of drug-likeness (QED) is 0.635. The van der Waals surface area contributed by atoms with Crippen molar-refractivity contribution in [1.29, 1.82) is 0 Å². The number of guanidine groups is 1. The predicted octanol–water partition coefficient (Wildman–Crippen LogP) is 3.53. The van der Waals surface area contributed by atoms with E-state index < -0.39 is 0 Å². The molecule has 0 spiro atoms. The molecule has 0 aromatic heterocycles. The summed E-state index contributed by atoms with van der Waals surface area (Å²) in [6, 6.07) is 9.43. The Hall–Kier alpha value is -1.55. The SMILES string of the molecule is CN=C(NCc1ccccc1CN1CCCC(C)C1)NC1CCCC1. The molecule has 3 rings (SSSR count). The second kappa shape index (κ2) is 9.23. The molecule has 1 unspecified atom stereocenters. The Morgan fingerprint density at radius 2 is 1.88 bits per heavy atom. The van der Waals surface area contributed by atoms with E-state index in [4.69, 9.17) is 0 Å². The number of benzene rings is 1. The summed E-state index contributed by atoms with van der Waals surface area (Å²) in [4.78, 5) is 7.02. The third-order valence-corrected chi connectivity index (χ3v) is 5.62. The van der Waals surface area contributed by atoms with Gasteiger partial charge < -0.3 is 10.6 Å². The van der Waals surface area contributed by atoms with Crippen LogP contribution >= 0.6 is 0 Å². The van der Waals surface area contributed by atoms with Crippen LogP contribution in [0.15, 0.2) is 29.3 Å². The first-order chi connectivity index (χ1) is 12.2. The monoisotopic (exact) mass is 342 g/mol. The minimum Gasteiger partial charge on any atom is -0.354 e. The Labute approximate surface area is 153 Å². The van der Waals surface area contributed by atoms with Gasteiger partial charge >= 0.3 is 0 Å². The summed E-state index contributed by atoms with van der Waals surface area (Å²) in [6.07, 6.45) is 7.93. The lowest BCUT2D eigenvalue weighted by atomic mass is 9.99. The van der Waals surface area contributed by atoms with Crippen LogP contribution in [0.2, 0.25) is 0 Å². The zero-order valence-electron chi connectivity index (χ0n) is 15.9. The van der Waals surface area contributed by atoms with Crippen LogP contribution in [0.3, 0.4) is 0 Å². The topological polar surface area (TPSA) is 39.7 Å². The van der Waals surface area contributed by atoms with Gasteiger partial charge in [0.15, 0.2) is 5.96 Å². The van der Waals surface area contributed by atoms with Gasteiger partial charge in [-0.15, -0.1) is 0 Å². The van der Waals surface area contributed by atoms with Crippen molar-refractivity contribution in [2.45, 2.75) is 64.6 Å². The van der Waals surface area contributed by atoms with E-state index in [0.29, 0.717) is 6.04 Å². The Morgan fingerprint density at radius 3 is 2.60 bits per heavy atom. The summed E-state index contributed by atoms with van der Waals surface area (Å²) in [5.74, 6) is 1.77. The number of hydrogen-bond donors (Lipinski definition) is 2. The lowest BCUT2D eigenvalue weighted by molar-refractivity contribution is 0.176. The lowest BCUT2D eigenvalue weighted by Gasteiger charge is -2.31. The van der Waals surface area contributed by atoms with Gasteiger partial charge in [-0.3, -0.25) is 9.89 Å². The highest BCUT2D eigenvalue weighted by Crippen LogP contribution is 2.20.